The number of amides is 2. The standard InChI is InChI=1S/C24H32N6O4S/c1-27(2)33-34-35-18-6-7-19-15(10-18)5-8-21(19)30-17-11-22(24(30)32)28(13-17)14-20(26)23(31)29-9-3-4-16(29)12-25/h6-7,10,16-17,20-22H,3-5,8-9,11,13-14,26H2,1-2H3/t16-,17?,20-,21-,22-/m0/s1. The van der Waals surface area contributed by atoms with E-state index in [-0.39, 0.29) is 36.0 Å². The normalized spacial score (nSPS) is 28.7. The Labute approximate surface area is 210 Å². The maximum atomic E-state index is 13.4. The lowest BCUT2D eigenvalue weighted by molar-refractivity contribution is -0.340. The molecule has 2 amide bonds. The molecule has 0 spiro atoms. The van der Waals surface area contributed by atoms with Crippen LogP contribution in [0.15, 0.2) is 23.1 Å². The van der Waals surface area contributed by atoms with Gasteiger partial charge in [0.05, 0.1) is 36.2 Å². The van der Waals surface area contributed by atoms with Gasteiger partial charge in [-0.2, -0.15) is 10.3 Å². The van der Waals surface area contributed by atoms with Gasteiger partial charge < -0.3 is 15.5 Å². The maximum absolute atomic E-state index is 13.4. The van der Waals surface area contributed by atoms with Crippen LogP contribution in [0.3, 0.4) is 0 Å². The number of hydroxylamine groups is 2. The van der Waals surface area contributed by atoms with Crippen molar-refractivity contribution >= 4 is 23.9 Å². The van der Waals surface area contributed by atoms with Gasteiger partial charge in [-0.1, -0.05) is 6.07 Å². The molecule has 5 rings (SSSR count). The van der Waals surface area contributed by atoms with E-state index in [9.17, 15) is 14.9 Å². The van der Waals surface area contributed by atoms with Crippen molar-refractivity contribution in [2.24, 2.45) is 5.73 Å². The van der Waals surface area contributed by atoms with Crippen molar-refractivity contribution in [2.75, 3.05) is 33.7 Å². The maximum Gasteiger partial charge on any atom is 0.241 e. The Morgan fingerprint density at radius 3 is 2.91 bits per heavy atom. The zero-order valence-corrected chi connectivity index (χ0v) is 20.9. The van der Waals surface area contributed by atoms with E-state index in [4.69, 9.17) is 15.1 Å². The molecule has 3 heterocycles. The molecule has 2 N–H and O–H groups in total. The summed E-state index contributed by atoms with van der Waals surface area (Å²) in [5.41, 5.74) is 8.71. The predicted molar refractivity (Wildman–Crippen MR) is 128 cm³/mol. The smallest absolute Gasteiger partial charge is 0.241 e. The molecule has 188 valence electrons. The summed E-state index contributed by atoms with van der Waals surface area (Å²) in [5.74, 6) is -0.0459. The van der Waals surface area contributed by atoms with Gasteiger partial charge in [-0.05, 0) is 55.4 Å². The minimum Gasteiger partial charge on any atom is -0.330 e. The van der Waals surface area contributed by atoms with E-state index in [1.54, 1.807) is 19.0 Å². The molecule has 35 heavy (non-hydrogen) atoms. The third kappa shape index (κ3) is 4.67. The number of benzene rings is 1. The van der Waals surface area contributed by atoms with E-state index in [0.717, 1.165) is 37.1 Å². The first-order valence-electron chi connectivity index (χ1n) is 12.2. The fourth-order valence-corrected chi connectivity index (χ4v) is 6.58. The van der Waals surface area contributed by atoms with E-state index >= 15 is 0 Å². The van der Waals surface area contributed by atoms with Crippen molar-refractivity contribution < 1.29 is 18.9 Å². The summed E-state index contributed by atoms with van der Waals surface area (Å²) in [6, 6.07) is 7.32. The molecule has 3 fully saturated rings. The molecule has 1 aliphatic carbocycles. The molecule has 3 aliphatic heterocycles. The Morgan fingerprint density at radius 1 is 1.34 bits per heavy atom. The lowest BCUT2D eigenvalue weighted by Crippen LogP contribution is -2.56. The molecule has 2 bridgehead atoms. The van der Waals surface area contributed by atoms with Crippen molar-refractivity contribution in [1.82, 2.24) is 19.8 Å². The highest BCUT2D eigenvalue weighted by Crippen LogP contribution is 2.44. The second-order valence-corrected chi connectivity index (χ2v) is 10.8. The van der Waals surface area contributed by atoms with Crippen LogP contribution in [-0.4, -0.2) is 89.5 Å². The molecule has 1 aromatic carbocycles. The Bertz CT molecular complexity index is 1030. The lowest BCUT2D eigenvalue weighted by atomic mass is 10.1. The number of carbonyl (C=O) groups is 2. The number of rotatable bonds is 8. The largest absolute Gasteiger partial charge is 0.330 e. The molecule has 3 saturated heterocycles. The quantitative estimate of drug-likeness (QED) is 0.320. The van der Waals surface area contributed by atoms with E-state index in [0.29, 0.717) is 19.5 Å². The first kappa shape index (κ1) is 24.5. The molecule has 10 nitrogen and oxygen atoms in total. The molecule has 0 aromatic heterocycles. The van der Waals surface area contributed by atoms with Gasteiger partial charge >= 0.3 is 0 Å². The molecular formula is C24H32N6O4S. The van der Waals surface area contributed by atoms with Crippen molar-refractivity contribution in [1.29, 1.82) is 5.26 Å². The van der Waals surface area contributed by atoms with Crippen LogP contribution in [-0.2, 0) is 25.3 Å². The summed E-state index contributed by atoms with van der Waals surface area (Å²) in [4.78, 5) is 38.0. The highest BCUT2D eigenvalue weighted by molar-refractivity contribution is 7.94. The Balaban J connectivity index is 1.20. The fourth-order valence-electron chi connectivity index (χ4n) is 6.04. The van der Waals surface area contributed by atoms with Gasteiger partial charge in [-0.25, -0.2) is 0 Å². The van der Waals surface area contributed by atoms with Gasteiger partial charge in [0.15, 0.2) is 0 Å². The number of fused-ring (bicyclic) bond motifs is 3. The molecule has 0 radical (unpaired) electrons. The molecule has 5 atom stereocenters. The van der Waals surface area contributed by atoms with Gasteiger partial charge in [0.1, 0.15) is 6.04 Å². The SMILES string of the molecule is CN(C)OOSc1ccc2c(c1)CC[C@@H]2N1C(=O)[C@@H]2CC1CN2C[C@H](N)C(=O)N1CCC[C@H]1C#N. The highest BCUT2D eigenvalue weighted by atomic mass is 32.2. The van der Waals surface area contributed by atoms with Crippen LogP contribution in [0.1, 0.15) is 42.9 Å². The second-order valence-electron chi connectivity index (χ2n) is 9.98. The number of nitriles is 1. The van der Waals surface area contributed by atoms with Gasteiger partial charge in [-0.15, -0.1) is 9.32 Å². The third-order valence-electron chi connectivity index (χ3n) is 7.55. The number of likely N-dealkylation sites (tertiary alicyclic amines) is 3. The van der Waals surface area contributed by atoms with Crippen LogP contribution < -0.4 is 5.73 Å². The van der Waals surface area contributed by atoms with Crippen molar-refractivity contribution in [3.63, 3.8) is 0 Å². The predicted octanol–water partition coefficient (Wildman–Crippen LogP) is 1.23. The Morgan fingerprint density at radius 2 is 2.17 bits per heavy atom. The van der Waals surface area contributed by atoms with E-state index < -0.39 is 6.04 Å². The van der Waals surface area contributed by atoms with Gasteiger partial charge in [-0.3, -0.25) is 14.5 Å². The third-order valence-corrected chi connectivity index (χ3v) is 8.13. The van der Waals surface area contributed by atoms with Crippen LogP contribution in [0.4, 0.5) is 0 Å². The average Bonchev–Trinajstić information content (AvgIpc) is 3.61. The molecule has 11 heteroatoms. The van der Waals surface area contributed by atoms with Crippen LogP contribution in [0.2, 0.25) is 0 Å². The summed E-state index contributed by atoms with van der Waals surface area (Å²) in [7, 11) is 3.50. The Kier molecular flexibility index (Phi) is 7.03. The number of nitrogens with two attached hydrogens (primary N) is 1. The number of piperazine rings is 1. The minimum absolute atomic E-state index is 0.0870. The topological polar surface area (TPSA) is 115 Å². The first-order chi connectivity index (χ1) is 16.9. The zero-order chi connectivity index (χ0) is 24.7. The van der Waals surface area contributed by atoms with Crippen molar-refractivity contribution in [2.45, 2.75) is 67.2 Å². The van der Waals surface area contributed by atoms with Gasteiger partial charge in [0.25, 0.3) is 0 Å². The van der Waals surface area contributed by atoms with E-state index in [2.05, 4.69) is 28.0 Å². The van der Waals surface area contributed by atoms with Crippen LogP contribution in [0.25, 0.3) is 0 Å². The van der Waals surface area contributed by atoms with E-state index in [1.807, 2.05) is 6.07 Å². The highest BCUT2D eigenvalue weighted by Gasteiger charge is 2.53. The summed E-state index contributed by atoms with van der Waals surface area (Å²) in [6.45, 7) is 1.67. The lowest BCUT2D eigenvalue weighted by Gasteiger charge is -2.38. The molecule has 1 unspecified atom stereocenters. The first-order valence-corrected chi connectivity index (χ1v) is 12.9. The monoisotopic (exact) mass is 500 g/mol. The number of carbonyl (C=O) groups excluding carboxylic acids is 2. The second kappa shape index (κ2) is 10.0. The van der Waals surface area contributed by atoms with Crippen LogP contribution in [0.5, 0.6) is 0 Å². The van der Waals surface area contributed by atoms with E-state index in [1.165, 1.54) is 28.2 Å². The fraction of sp³-hybridized carbons (Fsp3) is 0.625. The summed E-state index contributed by atoms with van der Waals surface area (Å²) < 4.78 is 5.15. The average molecular weight is 501 g/mol. The summed E-state index contributed by atoms with van der Waals surface area (Å²) in [5, 5.41) is 10.8. The molecule has 4 aliphatic rings. The molecule has 0 saturated carbocycles. The number of hydrogen-bond donors (Lipinski definition) is 1. The van der Waals surface area contributed by atoms with Gasteiger partial charge in [0.2, 0.25) is 11.8 Å². The number of nitrogens with zero attached hydrogens (tertiary/aromatic N) is 5. The molecular weight excluding hydrogens is 468 g/mol. The summed E-state index contributed by atoms with van der Waals surface area (Å²) in [6.07, 6.45) is 4.15. The van der Waals surface area contributed by atoms with Crippen molar-refractivity contribution in [3.05, 3.63) is 29.3 Å². The van der Waals surface area contributed by atoms with Crippen molar-refractivity contribution in [3.8, 4) is 6.07 Å². The van der Waals surface area contributed by atoms with Crippen LogP contribution in [0, 0.1) is 11.3 Å². The van der Waals surface area contributed by atoms with Crippen LogP contribution >= 0.6 is 12.0 Å². The zero-order valence-electron chi connectivity index (χ0n) is 20.1. The number of aryl methyl sites for hydroxylation is 1. The minimum atomic E-state index is -0.716. The molecule has 1 aromatic rings. The van der Waals surface area contributed by atoms with Gasteiger partial charge in [0, 0.05) is 44.7 Å². The number of hydrogen-bond acceptors (Lipinski definition) is 9. The Hall–Kier alpha value is -2.20. The summed E-state index contributed by atoms with van der Waals surface area (Å²) >= 11 is 1.17.